The van der Waals surface area contributed by atoms with E-state index < -0.39 is 15.7 Å². The van der Waals surface area contributed by atoms with Gasteiger partial charge in [-0.3, -0.25) is 4.57 Å². The topological polar surface area (TPSA) is 35.5 Å². The van der Waals surface area contributed by atoms with Crippen LogP contribution in [0.15, 0.2) is 22.5 Å². The Morgan fingerprint density at radius 1 is 1.33 bits per heavy atom. The normalized spacial score (nSPS) is 20.8. The zero-order valence-corrected chi connectivity index (χ0v) is 16.6. The van der Waals surface area contributed by atoms with Gasteiger partial charge in [-0.05, 0) is 38.5 Å². The van der Waals surface area contributed by atoms with Crippen LogP contribution in [0.1, 0.15) is 33.1 Å². The Hall–Kier alpha value is 0.197. The van der Waals surface area contributed by atoms with Gasteiger partial charge in [-0.1, -0.05) is 31.8 Å². The highest BCUT2D eigenvalue weighted by molar-refractivity contribution is 8.03. The van der Waals surface area contributed by atoms with Crippen LogP contribution in [-0.4, -0.2) is 26.5 Å². The molecule has 0 saturated heterocycles. The predicted molar refractivity (Wildman–Crippen MR) is 96.7 cm³/mol. The van der Waals surface area contributed by atoms with Crippen molar-refractivity contribution >= 4 is 27.4 Å². The Kier molecular flexibility index (Phi) is 8.00. The molecule has 3 nitrogen and oxygen atoms in total. The molecule has 1 rings (SSSR count). The summed E-state index contributed by atoms with van der Waals surface area (Å²) < 4.78 is 24.3. The van der Waals surface area contributed by atoms with Gasteiger partial charge in [0.2, 0.25) is 0 Å². The average Bonchev–Trinajstić information content (AvgIpc) is 2.39. The van der Waals surface area contributed by atoms with Crippen LogP contribution < -0.4 is 0 Å². The molecule has 1 aliphatic carbocycles. The van der Waals surface area contributed by atoms with Gasteiger partial charge in [-0.25, -0.2) is 0 Å². The molecule has 21 heavy (non-hydrogen) atoms. The van der Waals surface area contributed by atoms with Gasteiger partial charge in [0.05, 0.1) is 21.3 Å². The molecule has 122 valence electrons. The second kappa shape index (κ2) is 8.73. The van der Waals surface area contributed by atoms with Crippen LogP contribution in [0.4, 0.5) is 0 Å². The lowest BCUT2D eigenvalue weighted by Crippen LogP contribution is -2.25. The Morgan fingerprint density at radius 2 is 1.95 bits per heavy atom. The Labute approximate surface area is 135 Å². The van der Waals surface area contributed by atoms with E-state index in [4.69, 9.17) is 9.05 Å². The number of hydrogen-bond donors (Lipinski definition) is 0. The van der Waals surface area contributed by atoms with Crippen LogP contribution in [-0.2, 0) is 13.6 Å². The van der Waals surface area contributed by atoms with Crippen molar-refractivity contribution in [3.05, 3.63) is 22.5 Å². The minimum Gasteiger partial charge on any atom is -0.306 e. The summed E-state index contributed by atoms with van der Waals surface area (Å²) in [6, 6.07) is 0. The maximum absolute atomic E-state index is 13.1. The molecular formula is C15H29O3PSSi. The molecule has 0 radical (unpaired) electrons. The lowest BCUT2D eigenvalue weighted by Gasteiger charge is -2.28. The van der Waals surface area contributed by atoms with Crippen LogP contribution >= 0.6 is 19.4 Å². The van der Waals surface area contributed by atoms with E-state index in [0.717, 1.165) is 4.94 Å². The molecule has 0 amide bonds. The monoisotopic (exact) mass is 348 g/mol. The van der Waals surface area contributed by atoms with E-state index in [2.05, 4.69) is 37.2 Å². The molecule has 0 bridgehead atoms. The minimum atomic E-state index is -3.14. The molecule has 1 atom stereocenters. The van der Waals surface area contributed by atoms with Crippen LogP contribution in [0.3, 0.4) is 0 Å². The lowest BCUT2D eigenvalue weighted by molar-refractivity contribution is 0.227. The summed E-state index contributed by atoms with van der Waals surface area (Å²) in [5, 5.41) is 2.57. The largest absolute Gasteiger partial charge is 0.353 e. The van der Waals surface area contributed by atoms with Crippen molar-refractivity contribution in [2.75, 3.05) is 13.2 Å². The fraction of sp³-hybridized carbons (Fsp3) is 0.733. The summed E-state index contributed by atoms with van der Waals surface area (Å²) in [5.74, 6) is 0. The first-order valence-corrected chi connectivity index (χ1v) is 13.7. The van der Waals surface area contributed by atoms with Crippen molar-refractivity contribution in [2.24, 2.45) is 0 Å². The molecule has 0 N–H and O–H groups in total. The average molecular weight is 349 g/mol. The van der Waals surface area contributed by atoms with E-state index in [-0.39, 0.29) is 0 Å². The highest BCUT2D eigenvalue weighted by Gasteiger charge is 2.38. The van der Waals surface area contributed by atoms with Crippen molar-refractivity contribution in [1.29, 1.82) is 0 Å². The Bertz CT molecular complexity index is 419. The zero-order valence-electron chi connectivity index (χ0n) is 13.9. The summed E-state index contributed by atoms with van der Waals surface area (Å²) in [6.07, 6.45) is 8.10. The first kappa shape index (κ1) is 19.2. The standard InChI is InChI=1S/C15H29O3PSSi/c1-6-17-19(16,18-7-2)15(21(3,4)5)13-20-14-11-9-8-10-12-14/h9,11,13-14H,6-8,10,12H2,1-5H3/b15-13+. The van der Waals surface area contributed by atoms with E-state index in [0.29, 0.717) is 18.5 Å². The number of hydrogen-bond acceptors (Lipinski definition) is 4. The molecule has 6 heteroatoms. The lowest BCUT2D eigenvalue weighted by atomic mass is 10.1. The zero-order chi connectivity index (χ0) is 15.9. The summed E-state index contributed by atoms with van der Waals surface area (Å²) in [5.41, 5.74) is 0. The van der Waals surface area contributed by atoms with Gasteiger partial charge in [0.25, 0.3) is 0 Å². The first-order valence-electron chi connectivity index (χ1n) is 7.76. The van der Waals surface area contributed by atoms with Crippen molar-refractivity contribution < 1.29 is 13.6 Å². The fourth-order valence-corrected chi connectivity index (χ4v) is 10.0. The summed E-state index contributed by atoms with van der Waals surface area (Å²) in [6.45, 7) is 11.1. The highest BCUT2D eigenvalue weighted by atomic mass is 32.2. The predicted octanol–water partition coefficient (Wildman–Crippen LogP) is 5.81. The van der Waals surface area contributed by atoms with Gasteiger partial charge in [0.15, 0.2) is 0 Å². The van der Waals surface area contributed by atoms with Crippen LogP contribution in [0.25, 0.3) is 0 Å². The van der Waals surface area contributed by atoms with Gasteiger partial charge in [0, 0.05) is 10.2 Å². The van der Waals surface area contributed by atoms with E-state index >= 15 is 0 Å². The van der Waals surface area contributed by atoms with Gasteiger partial charge in [0.1, 0.15) is 0 Å². The number of allylic oxidation sites excluding steroid dienone is 1. The van der Waals surface area contributed by atoms with Gasteiger partial charge >= 0.3 is 7.60 Å². The molecule has 0 aromatic heterocycles. The molecule has 0 heterocycles. The highest BCUT2D eigenvalue weighted by Crippen LogP contribution is 2.59. The molecule has 0 aromatic carbocycles. The van der Waals surface area contributed by atoms with Gasteiger partial charge in [-0.2, -0.15) is 0 Å². The van der Waals surface area contributed by atoms with E-state index in [1.807, 2.05) is 13.8 Å². The summed E-state index contributed by atoms with van der Waals surface area (Å²) >= 11 is 1.76. The second-order valence-corrected chi connectivity index (χ2v) is 14.7. The number of thioether (sulfide) groups is 1. The van der Waals surface area contributed by atoms with Crippen LogP contribution in [0.2, 0.25) is 19.6 Å². The molecular weight excluding hydrogens is 319 g/mol. The molecule has 0 aliphatic heterocycles. The molecule has 0 aromatic rings. The molecule has 0 fully saturated rings. The molecule has 0 saturated carbocycles. The van der Waals surface area contributed by atoms with Gasteiger partial charge < -0.3 is 9.05 Å². The SMILES string of the molecule is CCOP(=O)(OCC)/C(=C\SC1C=CCCC1)[Si](C)(C)C. The Morgan fingerprint density at radius 3 is 2.38 bits per heavy atom. The van der Waals surface area contributed by atoms with Crippen molar-refractivity contribution in [3.8, 4) is 0 Å². The van der Waals surface area contributed by atoms with Crippen molar-refractivity contribution in [1.82, 2.24) is 0 Å². The van der Waals surface area contributed by atoms with Crippen molar-refractivity contribution in [3.63, 3.8) is 0 Å². The summed E-state index contributed by atoms with van der Waals surface area (Å²) in [4.78, 5) is 0.919. The number of rotatable bonds is 8. The van der Waals surface area contributed by atoms with E-state index in [1.54, 1.807) is 11.8 Å². The second-order valence-electron chi connectivity index (χ2n) is 6.12. The van der Waals surface area contributed by atoms with Crippen LogP contribution in [0, 0.1) is 0 Å². The Balaban J connectivity index is 3.00. The quantitative estimate of drug-likeness (QED) is 0.315. The van der Waals surface area contributed by atoms with E-state index in [1.165, 1.54) is 19.3 Å². The van der Waals surface area contributed by atoms with Gasteiger partial charge in [-0.15, -0.1) is 11.8 Å². The maximum Gasteiger partial charge on any atom is 0.353 e. The third-order valence-electron chi connectivity index (χ3n) is 3.23. The van der Waals surface area contributed by atoms with Crippen molar-refractivity contribution in [2.45, 2.75) is 58.0 Å². The third-order valence-corrected chi connectivity index (χ3v) is 11.2. The smallest absolute Gasteiger partial charge is 0.306 e. The van der Waals surface area contributed by atoms with E-state index in [9.17, 15) is 4.57 Å². The maximum atomic E-state index is 13.1. The molecule has 0 spiro atoms. The van der Waals surface area contributed by atoms with Crippen LogP contribution in [0.5, 0.6) is 0 Å². The fourth-order valence-electron chi connectivity index (χ4n) is 2.21. The molecule has 1 unspecified atom stereocenters. The summed E-state index contributed by atoms with van der Waals surface area (Å²) in [7, 11) is -4.92. The first-order chi connectivity index (χ1) is 9.83. The third kappa shape index (κ3) is 6.07. The minimum absolute atomic E-state index is 0.410. The molecule has 1 aliphatic rings.